The third-order valence-corrected chi connectivity index (χ3v) is 4.89. The number of aromatic nitrogens is 4. The van der Waals surface area contributed by atoms with E-state index < -0.39 is 0 Å². The number of nitrogens with zero attached hydrogens (tertiary/aromatic N) is 5. The van der Waals surface area contributed by atoms with Crippen molar-refractivity contribution in [1.82, 2.24) is 24.5 Å². The highest BCUT2D eigenvalue weighted by Crippen LogP contribution is 2.23. The first-order valence-electron chi connectivity index (χ1n) is 8.63. The molecular weight excluding hydrogens is 330 g/mol. The summed E-state index contributed by atoms with van der Waals surface area (Å²) in [5, 5.41) is 16.9. The molecule has 1 aliphatic heterocycles. The first kappa shape index (κ1) is 16.5. The van der Waals surface area contributed by atoms with Crippen molar-refractivity contribution in [2.45, 2.75) is 26.5 Å². The minimum atomic E-state index is -0.123. The highest BCUT2D eigenvalue weighted by molar-refractivity contribution is 5.95. The van der Waals surface area contributed by atoms with Crippen LogP contribution in [0.15, 0.2) is 42.6 Å². The quantitative estimate of drug-likeness (QED) is 0.779. The Balaban J connectivity index is 1.43. The third-order valence-electron chi connectivity index (χ3n) is 4.89. The number of carbonyl (C=O) groups is 1. The van der Waals surface area contributed by atoms with Crippen LogP contribution in [0.4, 0.5) is 0 Å². The van der Waals surface area contributed by atoms with Gasteiger partial charge in [-0.25, -0.2) is 4.68 Å². The minimum Gasteiger partial charge on any atom is -0.390 e. The fourth-order valence-corrected chi connectivity index (χ4v) is 3.36. The summed E-state index contributed by atoms with van der Waals surface area (Å²) >= 11 is 0. The molecule has 1 N–H and O–H groups in total. The van der Waals surface area contributed by atoms with E-state index in [-0.39, 0.29) is 18.6 Å². The molecule has 1 fully saturated rings. The normalized spacial score (nSPS) is 14.5. The van der Waals surface area contributed by atoms with E-state index in [4.69, 9.17) is 5.11 Å². The van der Waals surface area contributed by atoms with Gasteiger partial charge in [-0.3, -0.25) is 4.79 Å². The monoisotopic (exact) mass is 351 g/mol. The van der Waals surface area contributed by atoms with Crippen molar-refractivity contribution in [2.75, 3.05) is 13.1 Å². The number of benzene rings is 1. The van der Waals surface area contributed by atoms with Gasteiger partial charge in [0.05, 0.1) is 18.8 Å². The lowest BCUT2D eigenvalue weighted by Crippen LogP contribution is -2.50. The van der Waals surface area contributed by atoms with Gasteiger partial charge in [0.15, 0.2) is 0 Å². The Labute approximate surface area is 151 Å². The fraction of sp³-hybridized carbons (Fsp3) is 0.316. The van der Waals surface area contributed by atoms with Crippen LogP contribution < -0.4 is 0 Å². The summed E-state index contributed by atoms with van der Waals surface area (Å²) < 4.78 is 3.88. The van der Waals surface area contributed by atoms with Crippen LogP contribution in [0.25, 0.3) is 5.69 Å². The molecule has 3 heterocycles. The van der Waals surface area contributed by atoms with Crippen LogP contribution in [-0.4, -0.2) is 48.6 Å². The zero-order valence-electron chi connectivity index (χ0n) is 14.8. The highest BCUT2D eigenvalue weighted by atomic mass is 16.3. The van der Waals surface area contributed by atoms with Crippen LogP contribution in [0.5, 0.6) is 0 Å². The van der Waals surface area contributed by atoms with Crippen molar-refractivity contribution in [2.24, 2.45) is 0 Å². The average molecular weight is 351 g/mol. The number of aliphatic hydroxyl groups is 1. The second-order valence-electron chi connectivity index (χ2n) is 6.71. The highest BCUT2D eigenvalue weighted by Gasteiger charge is 2.33. The van der Waals surface area contributed by atoms with Gasteiger partial charge >= 0.3 is 0 Å². The third kappa shape index (κ3) is 2.80. The number of likely N-dealkylation sites (tertiary alicyclic amines) is 1. The van der Waals surface area contributed by atoms with Crippen LogP contribution in [-0.2, 0) is 6.61 Å². The van der Waals surface area contributed by atoms with Gasteiger partial charge in [0.25, 0.3) is 5.91 Å². The number of rotatable bonds is 4. The van der Waals surface area contributed by atoms with Crippen molar-refractivity contribution in [1.29, 1.82) is 0 Å². The topological polar surface area (TPSA) is 76.2 Å². The maximum Gasteiger partial charge on any atom is 0.254 e. The molecule has 1 amide bonds. The maximum absolute atomic E-state index is 12.6. The standard InChI is InChI=1S/C19H21N5O2/c1-13-3-4-14(2)24(13)17-7-5-15(6-8-17)19(26)22-10-18(11-22)23-9-16(12-25)20-21-23/h3-9,18,25H,10-12H2,1-2H3. The molecule has 1 aromatic carbocycles. The minimum absolute atomic E-state index is 0.0243. The molecule has 7 heteroatoms. The fourth-order valence-electron chi connectivity index (χ4n) is 3.36. The van der Waals surface area contributed by atoms with Crippen LogP contribution in [0.3, 0.4) is 0 Å². The first-order valence-corrected chi connectivity index (χ1v) is 8.63. The van der Waals surface area contributed by atoms with Crippen molar-refractivity contribution in [3.8, 4) is 5.69 Å². The van der Waals surface area contributed by atoms with Crippen LogP contribution >= 0.6 is 0 Å². The summed E-state index contributed by atoms with van der Waals surface area (Å²) in [6.07, 6.45) is 1.73. The van der Waals surface area contributed by atoms with E-state index in [0.29, 0.717) is 24.3 Å². The predicted octanol–water partition coefficient (Wildman–Crippen LogP) is 1.88. The molecule has 2 aromatic heterocycles. The van der Waals surface area contributed by atoms with Crippen LogP contribution in [0.1, 0.15) is 33.5 Å². The molecule has 134 valence electrons. The van der Waals surface area contributed by atoms with E-state index in [1.54, 1.807) is 15.8 Å². The van der Waals surface area contributed by atoms with E-state index in [1.165, 1.54) is 11.4 Å². The van der Waals surface area contributed by atoms with E-state index >= 15 is 0 Å². The van der Waals surface area contributed by atoms with E-state index in [1.807, 2.05) is 24.3 Å². The maximum atomic E-state index is 12.6. The lowest BCUT2D eigenvalue weighted by Gasteiger charge is -2.38. The molecule has 3 aromatic rings. The van der Waals surface area contributed by atoms with Crippen molar-refractivity contribution < 1.29 is 9.90 Å². The predicted molar refractivity (Wildman–Crippen MR) is 96.1 cm³/mol. The van der Waals surface area contributed by atoms with Gasteiger partial charge in [-0.2, -0.15) is 0 Å². The van der Waals surface area contributed by atoms with Gasteiger partial charge < -0.3 is 14.6 Å². The Morgan fingerprint density at radius 1 is 1.12 bits per heavy atom. The van der Waals surface area contributed by atoms with Crippen molar-refractivity contribution in [3.05, 3.63) is 65.2 Å². The molecule has 0 aliphatic carbocycles. The molecule has 0 radical (unpaired) electrons. The number of amides is 1. The molecule has 0 atom stereocenters. The Morgan fingerprint density at radius 2 is 1.77 bits per heavy atom. The summed E-state index contributed by atoms with van der Waals surface area (Å²) in [6.45, 7) is 5.22. The number of hydrogen-bond acceptors (Lipinski definition) is 4. The van der Waals surface area contributed by atoms with Gasteiger partial charge in [-0.05, 0) is 50.2 Å². The summed E-state index contributed by atoms with van der Waals surface area (Å²) in [5.41, 5.74) is 4.62. The summed E-state index contributed by atoms with van der Waals surface area (Å²) in [6, 6.07) is 12.0. The van der Waals surface area contributed by atoms with E-state index in [9.17, 15) is 4.79 Å². The summed E-state index contributed by atoms with van der Waals surface area (Å²) in [7, 11) is 0. The Kier molecular flexibility index (Phi) is 4.08. The second kappa shape index (κ2) is 6.42. The molecule has 0 spiro atoms. The zero-order chi connectivity index (χ0) is 18.3. The number of aliphatic hydroxyl groups excluding tert-OH is 1. The Hall–Kier alpha value is -2.93. The van der Waals surface area contributed by atoms with Gasteiger partial charge in [0, 0.05) is 35.7 Å². The Bertz CT molecular complexity index is 916. The van der Waals surface area contributed by atoms with Crippen LogP contribution in [0.2, 0.25) is 0 Å². The van der Waals surface area contributed by atoms with Gasteiger partial charge in [-0.15, -0.1) is 5.10 Å². The van der Waals surface area contributed by atoms with Gasteiger partial charge in [0.2, 0.25) is 0 Å². The smallest absolute Gasteiger partial charge is 0.254 e. The number of hydrogen-bond donors (Lipinski definition) is 1. The largest absolute Gasteiger partial charge is 0.390 e. The van der Waals surface area contributed by atoms with E-state index in [0.717, 1.165) is 5.69 Å². The van der Waals surface area contributed by atoms with Crippen molar-refractivity contribution >= 4 is 5.91 Å². The lowest BCUT2D eigenvalue weighted by atomic mass is 10.1. The molecule has 1 saturated heterocycles. The van der Waals surface area contributed by atoms with Crippen molar-refractivity contribution in [3.63, 3.8) is 0 Å². The zero-order valence-corrected chi connectivity index (χ0v) is 14.8. The second-order valence-corrected chi connectivity index (χ2v) is 6.71. The van der Waals surface area contributed by atoms with Crippen LogP contribution in [0, 0.1) is 13.8 Å². The summed E-state index contributed by atoms with van der Waals surface area (Å²) in [5.74, 6) is 0.0243. The molecule has 26 heavy (non-hydrogen) atoms. The van der Waals surface area contributed by atoms with Gasteiger partial charge in [0.1, 0.15) is 5.69 Å². The first-order chi connectivity index (χ1) is 12.6. The summed E-state index contributed by atoms with van der Waals surface area (Å²) in [4.78, 5) is 14.4. The molecular formula is C19H21N5O2. The Morgan fingerprint density at radius 3 is 2.35 bits per heavy atom. The molecule has 1 aliphatic rings. The van der Waals surface area contributed by atoms with Gasteiger partial charge in [-0.1, -0.05) is 5.21 Å². The lowest BCUT2D eigenvalue weighted by molar-refractivity contribution is 0.0498. The molecule has 0 unspecified atom stereocenters. The molecule has 7 nitrogen and oxygen atoms in total. The SMILES string of the molecule is Cc1ccc(C)n1-c1ccc(C(=O)N2CC(n3cc(CO)nn3)C2)cc1. The van der Waals surface area contributed by atoms with E-state index in [2.05, 4.69) is 40.9 Å². The number of aryl methyl sites for hydroxylation is 2. The molecule has 4 rings (SSSR count). The molecule has 0 bridgehead atoms. The average Bonchev–Trinajstić information content (AvgIpc) is 3.20. The molecule has 0 saturated carbocycles. The number of carbonyl (C=O) groups excluding carboxylic acids is 1.